The van der Waals surface area contributed by atoms with Crippen molar-refractivity contribution < 1.29 is 9.18 Å². The Morgan fingerprint density at radius 2 is 1.82 bits per heavy atom. The highest BCUT2D eigenvalue weighted by Crippen LogP contribution is 2.27. The number of amides is 1. The first-order valence-corrected chi connectivity index (χ1v) is 9.64. The lowest BCUT2D eigenvalue weighted by molar-refractivity contribution is -0.115. The average Bonchev–Trinajstić information content (AvgIpc) is 3.03. The molecule has 8 heteroatoms. The van der Waals surface area contributed by atoms with Crippen molar-refractivity contribution in [3.8, 4) is 11.4 Å². The minimum atomic E-state index is -0.398. The first kappa shape index (κ1) is 19.9. The van der Waals surface area contributed by atoms with Crippen LogP contribution < -0.4 is 10.2 Å². The first-order chi connectivity index (χ1) is 13.4. The number of anilines is 2. The van der Waals surface area contributed by atoms with E-state index < -0.39 is 5.25 Å². The van der Waals surface area contributed by atoms with Gasteiger partial charge >= 0.3 is 0 Å². The summed E-state index contributed by atoms with van der Waals surface area (Å²) in [4.78, 5) is 14.5. The number of rotatable bonds is 6. The summed E-state index contributed by atoms with van der Waals surface area (Å²) in [5, 5.41) is 11.2. The lowest BCUT2D eigenvalue weighted by atomic mass is 10.2. The molecule has 146 valence electrons. The van der Waals surface area contributed by atoms with Crippen LogP contribution in [-0.4, -0.2) is 40.0 Å². The van der Waals surface area contributed by atoms with Crippen LogP contribution in [0.2, 0.25) is 0 Å². The minimum absolute atomic E-state index is 0.141. The Morgan fingerprint density at radius 3 is 2.46 bits per heavy atom. The highest BCUT2D eigenvalue weighted by Gasteiger charge is 2.20. The molecule has 0 saturated carbocycles. The maximum atomic E-state index is 14.0. The minimum Gasteiger partial charge on any atom is -0.378 e. The molecule has 1 heterocycles. The molecule has 0 saturated heterocycles. The second-order valence-electron chi connectivity index (χ2n) is 6.54. The van der Waals surface area contributed by atoms with Crippen LogP contribution in [0.15, 0.2) is 53.7 Å². The van der Waals surface area contributed by atoms with E-state index in [-0.39, 0.29) is 11.7 Å². The van der Waals surface area contributed by atoms with Gasteiger partial charge in [-0.3, -0.25) is 4.79 Å². The third-order valence-electron chi connectivity index (χ3n) is 4.25. The van der Waals surface area contributed by atoms with Crippen LogP contribution >= 0.6 is 11.8 Å². The average molecular weight is 399 g/mol. The quantitative estimate of drug-likeness (QED) is 0.639. The Kier molecular flexibility index (Phi) is 5.99. The zero-order chi connectivity index (χ0) is 20.3. The van der Waals surface area contributed by atoms with Gasteiger partial charge in [-0.2, -0.15) is 0 Å². The van der Waals surface area contributed by atoms with Crippen molar-refractivity contribution in [3.05, 3.63) is 54.3 Å². The van der Waals surface area contributed by atoms with Crippen molar-refractivity contribution in [1.29, 1.82) is 0 Å². The van der Waals surface area contributed by atoms with E-state index in [1.54, 1.807) is 36.7 Å². The number of nitrogens with one attached hydrogen (secondary N) is 1. The van der Waals surface area contributed by atoms with E-state index in [1.807, 2.05) is 43.3 Å². The molecular formula is C20H22FN5OS. The van der Waals surface area contributed by atoms with Gasteiger partial charge in [0.05, 0.1) is 10.8 Å². The third-order valence-corrected chi connectivity index (χ3v) is 5.39. The second-order valence-corrected chi connectivity index (χ2v) is 7.84. The number of thioether (sulfide) groups is 1. The monoisotopic (exact) mass is 399 g/mol. The third kappa shape index (κ3) is 4.33. The van der Waals surface area contributed by atoms with Crippen LogP contribution in [0.3, 0.4) is 0 Å². The molecule has 1 amide bonds. The van der Waals surface area contributed by atoms with Gasteiger partial charge in [0.2, 0.25) is 5.91 Å². The molecule has 0 spiro atoms. The van der Waals surface area contributed by atoms with E-state index in [4.69, 9.17) is 0 Å². The fourth-order valence-electron chi connectivity index (χ4n) is 2.59. The molecule has 1 unspecified atom stereocenters. The molecule has 6 nitrogen and oxygen atoms in total. The van der Waals surface area contributed by atoms with E-state index in [0.717, 1.165) is 11.4 Å². The summed E-state index contributed by atoms with van der Waals surface area (Å²) in [6, 6.07) is 14.0. The van der Waals surface area contributed by atoms with Crippen LogP contribution in [0.5, 0.6) is 0 Å². The number of benzene rings is 2. The SMILES string of the molecule is CC(Sc1nnc(-c2ccccc2F)n1C)C(=O)Nc1ccc(N(C)C)cc1. The van der Waals surface area contributed by atoms with Crippen molar-refractivity contribution in [1.82, 2.24) is 14.8 Å². The Morgan fingerprint density at radius 1 is 1.14 bits per heavy atom. The largest absolute Gasteiger partial charge is 0.378 e. The fraction of sp³-hybridized carbons (Fsp3) is 0.250. The highest BCUT2D eigenvalue weighted by molar-refractivity contribution is 8.00. The maximum Gasteiger partial charge on any atom is 0.237 e. The van der Waals surface area contributed by atoms with E-state index in [2.05, 4.69) is 15.5 Å². The molecule has 1 N–H and O–H groups in total. The van der Waals surface area contributed by atoms with E-state index in [1.165, 1.54) is 17.8 Å². The molecule has 1 aromatic heterocycles. The maximum absolute atomic E-state index is 14.0. The number of halogens is 1. The van der Waals surface area contributed by atoms with Crippen LogP contribution in [0.4, 0.5) is 15.8 Å². The van der Waals surface area contributed by atoms with Crippen molar-refractivity contribution in [2.45, 2.75) is 17.3 Å². The van der Waals surface area contributed by atoms with E-state index in [0.29, 0.717) is 16.5 Å². The number of hydrogen-bond donors (Lipinski definition) is 1. The number of nitrogens with zero attached hydrogens (tertiary/aromatic N) is 4. The van der Waals surface area contributed by atoms with Gasteiger partial charge in [-0.25, -0.2) is 4.39 Å². The number of carbonyl (C=O) groups is 1. The molecule has 0 fully saturated rings. The van der Waals surface area contributed by atoms with Crippen molar-refractivity contribution in [2.24, 2.45) is 7.05 Å². The molecule has 0 radical (unpaired) electrons. The van der Waals surface area contributed by atoms with Gasteiger partial charge in [0.15, 0.2) is 11.0 Å². The normalized spacial score (nSPS) is 11.9. The predicted molar refractivity (Wildman–Crippen MR) is 111 cm³/mol. The fourth-order valence-corrected chi connectivity index (χ4v) is 3.41. The Bertz CT molecular complexity index is 971. The summed E-state index contributed by atoms with van der Waals surface area (Å²) in [5.74, 6) is -0.0768. The molecule has 0 aliphatic rings. The molecule has 28 heavy (non-hydrogen) atoms. The Labute approximate surface area is 167 Å². The molecule has 0 aliphatic heterocycles. The highest BCUT2D eigenvalue weighted by atomic mass is 32.2. The Hall–Kier alpha value is -2.87. The summed E-state index contributed by atoms with van der Waals surface area (Å²) in [6.07, 6.45) is 0. The second kappa shape index (κ2) is 8.43. The van der Waals surface area contributed by atoms with E-state index in [9.17, 15) is 9.18 Å². The summed E-state index contributed by atoms with van der Waals surface area (Å²) >= 11 is 1.27. The number of hydrogen-bond acceptors (Lipinski definition) is 5. The zero-order valence-corrected chi connectivity index (χ0v) is 17.0. The van der Waals surface area contributed by atoms with Crippen LogP contribution in [0.1, 0.15) is 6.92 Å². The van der Waals surface area contributed by atoms with Gasteiger partial charge in [0.1, 0.15) is 5.82 Å². The zero-order valence-electron chi connectivity index (χ0n) is 16.2. The predicted octanol–water partition coefficient (Wildman–Crippen LogP) is 3.81. The smallest absolute Gasteiger partial charge is 0.237 e. The lowest BCUT2D eigenvalue weighted by Gasteiger charge is -2.14. The van der Waals surface area contributed by atoms with Crippen LogP contribution in [-0.2, 0) is 11.8 Å². The Balaban J connectivity index is 1.68. The first-order valence-electron chi connectivity index (χ1n) is 8.76. The molecular weight excluding hydrogens is 377 g/mol. The van der Waals surface area contributed by atoms with Gasteiger partial charge in [-0.1, -0.05) is 23.9 Å². The molecule has 3 rings (SSSR count). The molecule has 1 atom stereocenters. The summed E-state index contributed by atoms with van der Waals surface area (Å²) in [5.41, 5.74) is 2.16. The lowest BCUT2D eigenvalue weighted by Crippen LogP contribution is -2.22. The molecule has 2 aromatic carbocycles. The molecule has 3 aromatic rings. The van der Waals surface area contributed by atoms with Gasteiger partial charge < -0.3 is 14.8 Å². The summed E-state index contributed by atoms with van der Waals surface area (Å²) in [7, 11) is 5.68. The standard InChI is InChI=1S/C20H22FN5OS/c1-13(19(27)22-14-9-11-15(12-10-14)25(2)3)28-20-24-23-18(26(20)4)16-7-5-6-8-17(16)21/h5-13H,1-4H3,(H,22,27). The van der Waals surface area contributed by atoms with Crippen molar-refractivity contribution in [3.63, 3.8) is 0 Å². The van der Waals surface area contributed by atoms with Gasteiger partial charge in [-0.05, 0) is 43.3 Å². The topological polar surface area (TPSA) is 63.1 Å². The van der Waals surface area contributed by atoms with Crippen molar-refractivity contribution >= 4 is 29.0 Å². The number of carbonyl (C=O) groups excluding carboxylic acids is 1. The summed E-state index contributed by atoms with van der Waals surface area (Å²) < 4.78 is 15.7. The van der Waals surface area contributed by atoms with Gasteiger partial charge in [-0.15, -0.1) is 10.2 Å². The van der Waals surface area contributed by atoms with Gasteiger partial charge in [0.25, 0.3) is 0 Å². The van der Waals surface area contributed by atoms with E-state index >= 15 is 0 Å². The number of aromatic nitrogens is 3. The van der Waals surface area contributed by atoms with Gasteiger partial charge in [0, 0.05) is 32.5 Å². The van der Waals surface area contributed by atoms with Crippen molar-refractivity contribution in [2.75, 3.05) is 24.3 Å². The molecule has 0 bridgehead atoms. The van der Waals surface area contributed by atoms with Crippen LogP contribution in [0, 0.1) is 5.82 Å². The summed E-state index contributed by atoms with van der Waals surface area (Å²) in [6.45, 7) is 1.80. The molecule has 0 aliphatic carbocycles. The van der Waals surface area contributed by atoms with Crippen LogP contribution in [0.25, 0.3) is 11.4 Å².